The van der Waals surface area contributed by atoms with Gasteiger partial charge in [-0.15, -0.1) is 19.3 Å². The average molecular weight is 476 g/mol. The lowest BCUT2D eigenvalue weighted by atomic mass is 10.0. The summed E-state index contributed by atoms with van der Waals surface area (Å²) in [7, 11) is -2.38. The number of ketones is 1. The zero-order valence-corrected chi connectivity index (χ0v) is 20.4. The second-order valence-electron chi connectivity index (χ2n) is 6.15. The van der Waals surface area contributed by atoms with Crippen molar-refractivity contribution in [3.63, 3.8) is 0 Å². The van der Waals surface area contributed by atoms with Crippen molar-refractivity contribution in [2.24, 2.45) is 0 Å². The maximum Gasteiger partial charge on any atom is 0.194 e. The van der Waals surface area contributed by atoms with E-state index < -0.39 is 15.8 Å². The fourth-order valence-electron chi connectivity index (χ4n) is 2.65. The molecule has 0 radical (unpaired) electrons. The standard InChI is InChI=1S/C32H14OP2/c1-5-8-11-18-25-34(4)30-23-16-14-21-28(30)32(33)29-22-15-17-24-31(29)35(26-19-12-9-6-2)27-20-13-10-7-3/h1-3,14-17,21-24H,4H3. The predicted octanol–water partition coefficient (Wildman–Crippen LogP) is 3.55. The highest BCUT2D eigenvalue weighted by Gasteiger charge is 2.21. The quantitative estimate of drug-likeness (QED) is 0.375. The van der Waals surface area contributed by atoms with Crippen LogP contribution in [0.4, 0.5) is 0 Å². The molecule has 0 bridgehead atoms. The largest absolute Gasteiger partial charge is 0.289 e. The fourth-order valence-corrected chi connectivity index (χ4v) is 5.13. The molecule has 0 heterocycles. The monoisotopic (exact) mass is 476 g/mol. The Hall–Kier alpha value is -4.99. The first-order valence-electron chi connectivity index (χ1n) is 9.79. The predicted molar refractivity (Wildman–Crippen MR) is 149 cm³/mol. The lowest BCUT2D eigenvalue weighted by Crippen LogP contribution is -2.20. The van der Waals surface area contributed by atoms with Crippen LogP contribution in [0.2, 0.25) is 0 Å². The molecular weight excluding hydrogens is 462 g/mol. The minimum absolute atomic E-state index is 0.150. The summed E-state index contributed by atoms with van der Waals surface area (Å²) in [6.07, 6.45) is 15.5. The van der Waals surface area contributed by atoms with E-state index in [-0.39, 0.29) is 5.78 Å². The second kappa shape index (κ2) is 15.0. The summed E-state index contributed by atoms with van der Waals surface area (Å²) in [4.78, 5) is 13.7. The van der Waals surface area contributed by atoms with Gasteiger partial charge in [0, 0.05) is 24.4 Å². The number of rotatable bonds is 4. The van der Waals surface area contributed by atoms with Crippen LogP contribution in [0.25, 0.3) is 0 Å². The van der Waals surface area contributed by atoms with Crippen LogP contribution in [-0.4, -0.2) is 12.4 Å². The molecule has 0 aromatic heterocycles. The van der Waals surface area contributed by atoms with Crippen molar-refractivity contribution in [2.75, 3.05) is 6.66 Å². The van der Waals surface area contributed by atoms with Crippen LogP contribution >= 0.6 is 15.8 Å². The first kappa shape index (κ1) is 26.3. The van der Waals surface area contributed by atoms with Gasteiger partial charge >= 0.3 is 0 Å². The fraction of sp³-hybridized carbons (Fsp3) is 0.0312. The van der Waals surface area contributed by atoms with Crippen molar-refractivity contribution < 1.29 is 4.79 Å². The van der Waals surface area contributed by atoms with Gasteiger partial charge < -0.3 is 0 Å². The van der Waals surface area contributed by atoms with Crippen molar-refractivity contribution >= 4 is 32.2 Å². The molecule has 0 aliphatic rings. The Morgan fingerprint density at radius 2 is 1.03 bits per heavy atom. The normalized spacial score (nSPS) is 8.66. The average Bonchev–Trinajstić information content (AvgIpc) is 2.89. The summed E-state index contributed by atoms with van der Waals surface area (Å²) in [6, 6.07) is 14.6. The smallest absolute Gasteiger partial charge is 0.194 e. The first-order chi connectivity index (χ1) is 17.1. The van der Waals surface area contributed by atoms with Crippen molar-refractivity contribution in [1.29, 1.82) is 0 Å². The minimum atomic E-state index is -1.42. The molecule has 0 N–H and O–H groups in total. The third-order valence-electron chi connectivity index (χ3n) is 4.05. The number of terminal acetylenes is 3. The molecular formula is C32H14OP2. The van der Waals surface area contributed by atoms with E-state index in [1.54, 1.807) is 18.2 Å². The van der Waals surface area contributed by atoms with E-state index in [0.717, 1.165) is 5.30 Å². The highest BCUT2D eigenvalue weighted by molar-refractivity contribution is 7.75. The highest BCUT2D eigenvalue weighted by Crippen LogP contribution is 2.34. The molecule has 35 heavy (non-hydrogen) atoms. The van der Waals surface area contributed by atoms with Crippen molar-refractivity contribution in [3.05, 3.63) is 59.7 Å². The van der Waals surface area contributed by atoms with Gasteiger partial charge in [-0.25, -0.2) is 0 Å². The number of hydrogen-bond donors (Lipinski definition) is 0. The van der Waals surface area contributed by atoms with E-state index in [0.29, 0.717) is 16.4 Å². The molecule has 3 heteroatoms. The number of carbonyl (C=O) groups excluding carboxylic acids is 1. The summed E-state index contributed by atoms with van der Waals surface area (Å²) in [5.74, 6) is 29.9. The maximum absolute atomic E-state index is 13.7. The Morgan fingerprint density at radius 3 is 1.54 bits per heavy atom. The Bertz CT molecular complexity index is 1600. The third-order valence-corrected chi connectivity index (χ3v) is 7.15. The summed E-state index contributed by atoms with van der Waals surface area (Å²) >= 11 is 0. The SMILES string of the molecule is C#CC#CC#CP(C)c1ccccc1C(=O)c1ccccc1P(C#CC#CC#C)C#CC#CC#C. The molecule has 1 unspecified atom stereocenters. The van der Waals surface area contributed by atoms with E-state index in [4.69, 9.17) is 19.3 Å². The molecule has 2 rings (SSSR count). The Morgan fingerprint density at radius 1 is 0.600 bits per heavy atom. The molecule has 158 valence electrons. The molecule has 0 amide bonds. The van der Waals surface area contributed by atoms with Gasteiger partial charge in [0.05, 0.1) is 7.92 Å². The van der Waals surface area contributed by atoms with E-state index in [9.17, 15) is 4.79 Å². The van der Waals surface area contributed by atoms with Crippen LogP contribution in [0.5, 0.6) is 0 Å². The number of benzene rings is 2. The second-order valence-corrected chi connectivity index (χ2v) is 9.57. The van der Waals surface area contributed by atoms with E-state index >= 15 is 0 Å². The summed E-state index contributed by atoms with van der Waals surface area (Å²) < 4.78 is 0. The van der Waals surface area contributed by atoms with Gasteiger partial charge in [-0.3, -0.25) is 4.79 Å². The lowest BCUT2D eigenvalue weighted by molar-refractivity contribution is 0.104. The van der Waals surface area contributed by atoms with E-state index in [1.165, 1.54) is 0 Å². The first-order valence-corrected chi connectivity index (χ1v) is 12.9. The Labute approximate surface area is 210 Å². The molecule has 1 nitrogen and oxygen atoms in total. The molecule has 0 saturated carbocycles. The lowest BCUT2D eigenvalue weighted by Gasteiger charge is -2.14. The van der Waals surface area contributed by atoms with Crippen LogP contribution in [0, 0.1) is 107 Å². The van der Waals surface area contributed by atoms with Gasteiger partial charge in [-0.2, -0.15) is 0 Å². The zero-order valence-electron chi connectivity index (χ0n) is 18.7. The van der Waals surface area contributed by atoms with Gasteiger partial charge in [0.2, 0.25) is 0 Å². The van der Waals surface area contributed by atoms with Crippen LogP contribution in [0.1, 0.15) is 15.9 Å². The van der Waals surface area contributed by atoms with Gasteiger partial charge in [0.25, 0.3) is 0 Å². The third kappa shape index (κ3) is 8.13. The van der Waals surface area contributed by atoms with Gasteiger partial charge in [-0.05, 0) is 94.3 Å². The molecule has 0 fully saturated rings. The van der Waals surface area contributed by atoms with Crippen LogP contribution in [0.15, 0.2) is 48.5 Å². The summed E-state index contributed by atoms with van der Waals surface area (Å²) in [6.45, 7) is 1.97. The molecule has 1 atom stereocenters. The molecule has 0 saturated heterocycles. The van der Waals surface area contributed by atoms with E-state index in [2.05, 4.69) is 88.0 Å². The summed E-state index contributed by atoms with van der Waals surface area (Å²) in [5.41, 5.74) is 10.2. The molecule has 0 aliphatic carbocycles. The maximum atomic E-state index is 13.7. The van der Waals surface area contributed by atoms with Gasteiger partial charge in [0.1, 0.15) is 0 Å². The minimum Gasteiger partial charge on any atom is -0.289 e. The molecule has 0 spiro atoms. The van der Waals surface area contributed by atoms with Crippen molar-refractivity contribution in [2.45, 2.75) is 0 Å². The van der Waals surface area contributed by atoms with Crippen LogP contribution in [0.3, 0.4) is 0 Å². The van der Waals surface area contributed by atoms with Gasteiger partial charge in [-0.1, -0.05) is 54.2 Å². The molecule has 0 aliphatic heterocycles. The van der Waals surface area contributed by atoms with Crippen LogP contribution in [-0.2, 0) is 0 Å². The van der Waals surface area contributed by atoms with Gasteiger partial charge in [0.15, 0.2) is 5.78 Å². The van der Waals surface area contributed by atoms with Crippen molar-refractivity contribution in [1.82, 2.24) is 0 Å². The Balaban J connectivity index is 2.60. The zero-order chi connectivity index (χ0) is 25.3. The topological polar surface area (TPSA) is 17.1 Å². The highest BCUT2D eigenvalue weighted by atomic mass is 31.1. The molecule has 2 aromatic carbocycles. The number of hydrogen-bond acceptors (Lipinski definition) is 1. The Kier molecular flexibility index (Phi) is 11.2. The number of carbonyl (C=O) groups is 1. The van der Waals surface area contributed by atoms with Crippen molar-refractivity contribution in [3.8, 4) is 107 Å². The molecule has 2 aromatic rings. The summed E-state index contributed by atoms with van der Waals surface area (Å²) in [5, 5.41) is 1.54. The van der Waals surface area contributed by atoms with E-state index in [1.807, 2.05) is 37.0 Å². The van der Waals surface area contributed by atoms with Crippen LogP contribution < -0.4 is 10.6 Å².